The van der Waals surface area contributed by atoms with E-state index in [9.17, 15) is 9.59 Å². The summed E-state index contributed by atoms with van der Waals surface area (Å²) in [4.78, 5) is 23.7. The van der Waals surface area contributed by atoms with Crippen LogP contribution in [0.3, 0.4) is 0 Å². The summed E-state index contributed by atoms with van der Waals surface area (Å²) in [6.07, 6.45) is 6.11. The van der Waals surface area contributed by atoms with E-state index >= 15 is 0 Å². The molecule has 124 valence electrons. The number of allylic oxidation sites excluding steroid dienone is 3. The quantitative estimate of drug-likeness (QED) is 0.579. The van der Waals surface area contributed by atoms with Gasteiger partial charge in [-0.2, -0.15) is 0 Å². The van der Waals surface area contributed by atoms with Crippen molar-refractivity contribution in [1.82, 2.24) is 5.32 Å². The summed E-state index contributed by atoms with van der Waals surface area (Å²) in [5, 5.41) is 2.59. The second kappa shape index (κ2) is 9.04. The molecule has 0 aliphatic rings. The van der Waals surface area contributed by atoms with Gasteiger partial charge in [-0.15, -0.1) is 0 Å². The molecule has 0 spiro atoms. The molecule has 6 nitrogen and oxygen atoms in total. The van der Waals surface area contributed by atoms with Gasteiger partial charge in [0.2, 0.25) is 0 Å². The fourth-order valence-corrected chi connectivity index (χ4v) is 1.59. The Bertz CT molecular complexity index is 461. The van der Waals surface area contributed by atoms with Crippen LogP contribution in [0.25, 0.3) is 0 Å². The Kier molecular flexibility index (Phi) is 8.19. The maximum atomic E-state index is 12.0. The van der Waals surface area contributed by atoms with E-state index in [1.807, 2.05) is 6.92 Å². The molecule has 2 atom stereocenters. The van der Waals surface area contributed by atoms with Crippen LogP contribution in [0.4, 0.5) is 4.79 Å². The first-order valence-electron chi connectivity index (χ1n) is 6.94. The zero-order chi connectivity index (χ0) is 17.3. The molecule has 6 heteroatoms. The summed E-state index contributed by atoms with van der Waals surface area (Å²) in [5.74, 6) is -0.644. The highest BCUT2D eigenvalue weighted by Gasteiger charge is 2.30. The van der Waals surface area contributed by atoms with E-state index in [4.69, 9.17) is 10.5 Å². The summed E-state index contributed by atoms with van der Waals surface area (Å²) < 4.78 is 9.83. The molecule has 0 aromatic carbocycles. The molecule has 0 aliphatic carbocycles. The minimum absolute atomic E-state index is 0.571. The van der Waals surface area contributed by atoms with Crippen molar-refractivity contribution in [2.24, 2.45) is 5.73 Å². The highest BCUT2D eigenvalue weighted by Crippen LogP contribution is 2.12. The lowest BCUT2D eigenvalue weighted by Gasteiger charge is -2.26. The van der Waals surface area contributed by atoms with E-state index in [1.54, 1.807) is 39.0 Å². The first kappa shape index (κ1) is 19.9. The summed E-state index contributed by atoms with van der Waals surface area (Å²) >= 11 is 0. The number of nitrogens with two attached hydrogens (primary N) is 1. The molecule has 0 radical (unpaired) electrons. The molecule has 2 unspecified atom stereocenters. The molecular weight excluding hydrogens is 284 g/mol. The van der Waals surface area contributed by atoms with Crippen LogP contribution >= 0.6 is 0 Å². The van der Waals surface area contributed by atoms with Gasteiger partial charge in [0.1, 0.15) is 11.6 Å². The number of carbonyl (C=O) groups is 2. The Morgan fingerprint density at radius 3 is 2.32 bits per heavy atom. The van der Waals surface area contributed by atoms with Gasteiger partial charge in [0, 0.05) is 0 Å². The predicted octanol–water partition coefficient (Wildman–Crippen LogP) is 2.07. The number of nitrogens with one attached hydrogen (secondary N) is 1. The Morgan fingerprint density at radius 2 is 1.91 bits per heavy atom. The van der Waals surface area contributed by atoms with Crippen LogP contribution in [0, 0.1) is 0 Å². The minimum Gasteiger partial charge on any atom is -0.468 e. The molecule has 0 bridgehead atoms. The van der Waals surface area contributed by atoms with Gasteiger partial charge in [-0.3, -0.25) is 4.79 Å². The van der Waals surface area contributed by atoms with E-state index in [0.717, 1.165) is 0 Å². The minimum atomic E-state index is -1.08. The Balaban J connectivity index is 5.37. The van der Waals surface area contributed by atoms with Gasteiger partial charge in [-0.1, -0.05) is 30.9 Å². The topological polar surface area (TPSA) is 90.6 Å². The first-order valence-corrected chi connectivity index (χ1v) is 6.94. The maximum Gasteiger partial charge on any atom is 0.408 e. The third-order valence-corrected chi connectivity index (χ3v) is 2.58. The van der Waals surface area contributed by atoms with Gasteiger partial charge in [-0.25, -0.2) is 4.79 Å². The van der Waals surface area contributed by atoms with Crippen molar-refractivity contribution in [2.45, 2.75) is 45.4 Å². The molecule has 22 heavy (non-hydrogen) atoms. The molecule has 0 saturated carbocycles. The lowest BCUT2D eigenvalue weighted by Crippen LogP contribution is -2.53. The van der Waals surface area contributed by atoms with Gasteiger partial charge < -0.3 is 20.5 Å². The highest BCUT2D eigenvalue weighted by molar-refractivity contribution is 5.79. The number of ether oxygens (including phenoxy) is 2. The lowest BCUT2D eigenvalue weighted by molar-refractivity contribution is -0.142. The fraction of sp³-hybridized carbons (Fsp3) is 0.500. The average Bonchev–Trinajstić information content (AvgIpc) is 2.43. The summed E-state index contributed by atoms with van der Waals surface area (Å²) in [6, 6.07) is -1.89. The van der Waals surface area contributed by atoms with Crippen LogP contribution < -0.4 is 11.1 Å². The number of carbonyl (C=O) groups excluding carboxylic acids is 2. The van der Waals surface area contributed by atoms with Crippen LogP contribution in [0.2, 0.25) is 0 Å². The first-order chi connectivity index (χ1) is 10.2. The van der Waals surface area contributed by atoms with E-state index in [1.165, 1.54) is 13.2 Å². The van der Waals surface area contributed by atoms with Crippen molar-refractivity contribution in [3.8, 4) is 0 Å². The maximum absolute atomic E-state index is 12.0. The van der Waals surface area contributed by atoms with Crippen molar-refractivity contribution in [3.05, 3.63) is 36.5 Å². The third kappa shape index (κ3) is 7.08. The number of esters is 1. The number of methoxy groups -OCH3 is 1. The van der Waals surface area contributed by atoms with Crippen molar-refractivity contribution in [2.75, 3.05) is 7.11 Å². The second-order valence-electron chi connectivity index (χ2n) is 5.57. The average molecular weight is 310 g/mol. The van der Waals surface area contributed by atoms with Crippen LogP contribution in [0.15, 0.2) is 36.5 Å². The van der Waals surface area contributed by atoms with Gasteiger partial charge in [0.05, 0.1) is 13.2 Å². The number of rotatable bonds is 6. The van der Waals surface area contributed by atoms with Crippen LogP contribution in [0.1, 0.15) is 27.7 Å². The molecular formula is C16H26N2O4. The number of hydrogen-bond acceptors (Lipinski definition) is 5. The monoisotopic (exact) mass is 310 g/mol. The Morgan fingerprint density at radius 1 is 1.32 bits per heavy atom. The zero-order valence-corrected chi connectivity index (χ0v) is 13.9. The van der Waals surface area contributed by atoms with Gasteiger partial charge in [-0.05, 0) is 33.3 Å². The largest absolute Gasteiger partial charge is 0.468 e. The van der Waals surface area contributed by atoms with Crippen LogP contribution in [0.5, 0.6) is 0 Å². The SMILES string of the molecule is C=C/C(=C\C=C/C)C(NC(=O)OC(C)(C)C)C(N)C(=O)OC. The van der Waals surface area contributed by atoms with Crippen molar-refractivity contribution >= 4 is 12.1 Å². The molecule has 3 N–H and O–H groups in total. The normalized spacial score (nSPS) is 15.1. The Hall–Kier alpha value is -2.08. The summed E-state index contributed by atoms with van der Waals surface area (Å²) in [7, 11) is 1.23. The standard InChI is InChI=1S/C16H26N2O4/c1-7-9-10-11(8-2)13(12(17)14(19)21-6)18-15(20)22-16(3,4)5/h7-10,12-13H,2,17H2,1,3-6H3,(H,18,20)/b9-7-,11-10+. The van der Waals surface area contributed by atoms with Crippen LogP contribution in [-0.2, 0) is 14.3 Å². The number of alkyl carbamates (subject to hydrolysis) is 1. The fourth-order valence-electron chi connectivity index (χ4n) is 1.59. The van der Waals surface area contributed by atoms with E-state index < -0.39 is 29.7 Å². The van der Waals surface area contributed by atoms with Gasteiger partial charge in [0.15, 0.2) is 0 Å². The predicted molar refractivity (Wildman–Crippen MR) is 86.2 cm³/mol. The molecule has 0 rings (SSSR count). The second-order valence-corrected chi connectivity index (χ2v) is 5.57. The number of hydrogen-bond donors (Lipinski definition) is 2. The molecule has 0 aromatic rings. The van der Waals surface area contributed by atoms with E-state index in [0.29, 0.717) is 5.57 Å². The molecule has 0 aromatic heterocycles. The zero-order valence-electron chi connectivity index (χ0n) is 13.9. The molecule has 0 heterocycles. The van der Waals surface area contributed by atoms with E-state index in [2.05, 4.69) is 16.6 Å². The van der Waals surface area contributed by atoms with Crippen molar-refractivity contribution < 1.29 is 19.1 Å². The molecule has 0 aliphatic heterocycles. The smallest absolute Gasteiger partial charge is 0.408 e. The third-order valence-electron chi connectivity index (χ3n) is 2.58. The summed E-state index contributed by atoms with van der Waals surface area (Å²) in [6.45, 7) is 10.7. The van der Waals surface area contributed by atoms with Crippen molar-refractivity contribution in [1.29, 1.82) is 0 Å². The molecule has 0 saturated heterocycles. The van der Waals surface area contributed by atoms with E-state index in [-0.39, 0.29) is 0 Å². The van der Waals surface area contributed by atoms with Crippen molar-refractivity contribution in [3.63, 3.8) is 0 Å². The van der Waals surface area contributed by atoms with Gasteiger partial charge in [0.25, 0.3) is 0 Å². The summed E-state index contributed by atoms with van der Waals surface area (Å²) in [5.41, 5.74) is 5.78. The highest BCUT2D eigenvalue weighted by atomic mass is 16.6. The van der Waals surface area contributed by atoms with Gasteiger partial charge >= 0.3 is 12.1 Å². The van der Waals surface area contributed by atoms with Crippen LogP contribution in [-0.4, -0.2) is 36.9 Å². The number of amides is 1. The lowest BCUT2D eigenvalue weighted by atomic mass is 9.99. The Labute approximate surface area is 132 Å². The molecule has 0 fully saturated rings. The molecule has 1 amide bonds.